The Balaban J connectivity index is 1.11. The molecule has 0 aliphatic heterocycles. The number of hydrogen-bond acceptors (Lipinski definition) is 4. The topological polar surface area (TPSA) is 13.0 Å². The molecule has 4 nitrogen and oxygen atoms in total. The molecule has 0 spiro atoms. The van der Waals surface area contributed by atoms with Gasteiger partial charge < -0.3 is 0 Å². The first-order chi connectivity index (χ1) is 45.9. The van der Waals surface area contributed by atoms with Crippen LogP contribution >= 0.6 is 34.0 Å². The van der Waals surface area contributed by atoms with E-state index in [1.54, 1.807) is 0 Å². The number of benzene rings is 12. The molecule has 0 amide bonds. The fraction of sp³-hybridized carbons (Fsp3) is 0.0769. The van der Waals surface area contributed by atoms with Gasteiger partial charge in [0.25, 0.3) is 0 Å². The molecule has 0 N–H and O–H groups in total. The van der Waals surface area contributed by atoms with Crippen LogP contribution in [0.3, 0.4) is 0 Å². The van der Waals surface area contributed by atoms with E-state index in [2.05, 4.69) is 473 Å². The Morgan fingerprint density at radius 3 is 0.340 bits per heavy atom. The van der Waals surface area contributed by atoms with Crippen molar-refractivity contribution < 1.29 is 0 Å². The first kappa shape index (κ1) is 70.1. The van der Waals surface area contributed by atoms with Crippen LogP contribution in [0.25, 0.3) is 0 Å². The fourth-order valence-electron chi connectivity index (χ4n) is 12.5. The molecule has 12 aromatic carbocycles. The van der Waals surface area contributed by atoms with Gasteiger partial charge in [-0.3, -0.25) is 0 Å². The van der Waals surface area contributed by atoms with E-state index in [4.69, 9.17) is 0 Å². The third kappa shape index (κ3) is 14.5. The number of hydrogen-bond donors (Lipinski definition) is 0. The van der Waals surface area contributed by atoms with Crippen molar-refractivity contribution in [3.63, 3.8) is 0 Å². The van der Waals surface area contributed by atoms with Gasteiger partial charge in [0.1, 0.15) is 0 Å². The van der Waals surface area contributed by atoms with Crippen molar-refractivity contribution in [3.8, 4) is 0 Å². The zero-order chi connectivity index (χ0) is 64.9. The normalized spacial score (nSPS) is 12.5. The second-order valence-corrected chi connectivity index (χ2v) is 59.5. The van der Waals surface area contributed by atoms with Crippen LogP contribution in [0.4, 0.5) is 0 Å². The Kier molecular flexibility index (Phi) is 24.2. The van der Waals surface area contributed by atoms with Crippen molar-refractivity contribution >= 4 is 188 Å². The summed E-state index contributed by atoms with van der Waals surface area (Å²) in [5.74, 6) is 0. The molecule has 94 heavy (non-hydrogen) atoms. The van der Waals surface area contributed by atoms with E-state index in [9.17, 15) is 0 Å². The van der Waals surface area contributed by atoms with Gasteiger partial charge in [0, 0.05) is 0 Å². The van der Waals surface area contributed by atoms with Crippen molar-refractivity contribution in [1.82, 2.24) is 18.2 Å². The molecule has 0 aliphatic carbocycles. The van der Waals surface area contributed by atoms with Crippen LogP contribution in [0.2, 0.25) is 0 Å². The van der Waals surface area contributed by atoms with Crippen LogP contribution in [-0.4, -0.2) is 148 Å². The van der Waals surface area contributed by atoms with Crippen LogP contribution in [0, 0.1) is 0 Å². The summed E-state index contributed by atoms with van der Waals surface area (Å²) in [4.78, 5) is 2.86. The van der Waals surface area contributed by atoms with Gasteiger partial charge in [-0.2, -0.15) is 0 Å². The predicted octanol–water partition coefficient (Wildman–Crippen LogP) is 12.2. The minimum atomic E-state index is -2.61. The van der Waals surface area contributed by atoms with Crippen molar-refractivity contribution in [2.45, 2.75) is 0 Å². The fourth-order valence-corrected chi connectivity index (χ4v) is 65.6. The van der Waals surface area contributed by atoms with Crippen LogP contribution in [0.15, 0.2) is 364 Å². The van der Waals surface area contributed by atoms with Gasteiger partial charge in [-0.15, -0.1) is 0 Å². The SMILES string of the molecule is [Se]=P(c1ccccc1)(c1ccccc1)N(CCN(CCN(P(=[Se])(c1ccccc1)c1ccccc1)P(=[Se])(c1ccccc1)c1ccccc1)CCN(P(=[Se])(c1ccccc1)c1ccccc1)P(=[Se])(c1ccccc1)c1ccccc1)P(=[Se])(c1ccccc1)c1ccccc1. The third-order valence-corrected chi connectivity index (χ3v) is 67.2. The first-order valence-corrected chi connectivity index (χ1v) is 55.1. The molecular weight excluding hydrogens is 1650 g/mol. The molecule has 12 rings (SSSR count). The van der Waals surface area contributed by atoms with Crippen LogP contribution in [0.1, 0.15) is 0 Å². The molecule has 0 aliphatic rings. The van der Waals surface area contributed by atoms with E-state index in [0.717, 1.165) is 39.3 Å². The molecule has 0 aromatic heterocycles. The van der Waals surface area contributed by atoms with E-state index in [1.165, 1.54) is 63.7 Å². The summed E-state index contributed by atoms with van der Waals surface area (Å²) in [6.45, 7) is 4.41. The van der Waals surface area contributed by atoms with Crippen LogP contribution in [0.5, 0.6) is 0 Å². The standard InChI is InChI=1S/C78H72N4P6Se6/c89-83(67-37-13-1-14-38-67,68-39-15-2-16-40-68)80(84(90,69-41-17-3-18-42-69)70-43-19-4-20-44-70)64-61-79(62-65-81(85(91,71-45-21-5-22-46-71)72-47-23-6-24-48-72)86(92,73-49-25-7-26-50-73)74-51-27-8-28-52-74)63-66-82(87(93,75-53-29-9-30-54-75)76-55-31-10-32-56-76)88(94,77-57-33-11-34-58-77)78-59-35-12-36-60-78/h1-60H,61-66H2. The van der Waals surface area contributed by atoms with Gasteiger partial charge >= 0.3 is 610 Å². The van der Waals surface area contributed by atoms with Crippen molar-refractivity contribution in [3.05, 3.63) is 364 Å². The number of rotatable bonds is 27. The zero-order valence-electron chi connectivity index (χ0n) is 51.8. The molecule has 0 heterocycles. The maximum atomic E-state index is 4.13. The molecule has 0 atom stereocenters. The van der Waals surface area contributed by atoms with Gasteiger partial charge in [0.2, 0.25) is 0 Å². The summed E-state index contributed by atoms with van der Waals surface area (Å²) in [5, 5.41) is 15.5. The van der Waals surface area contributed by atoms with E-state index >= 15 is 0 Å². The van der Waals surface area contributed by atoms with Gasteiger partial charge in [-0.05, 0) is 0 Å². The Hall–Kier alpha value is -3.82. The van der Waals surface area contributed by atoms with Crippen LogP contribution in [-0.2, 0) is 0 Å². The first-order valence-electron chi connectivity index (χ1n) is 31.3. The minimum absolute atomic E-state index is 0.729. The quantitative estimate of drug-likeness (QED) is 0.0376. The van der Waals surface area contributed by atoms with Gasteiger partial charge in [-0.1, -0.05) is 0 Å². The summed E-state index contributed by atoms with van der Waals surface area (Å²) < 4.78 is 8.90. The van der Waals surface area contributed by atoms with E-state index < -0.39 is 34.0 Å². The van der Waals surface area contributed by atoms with E-state index in [0.29, 0.717) is 0 Å². The Morgan fingerprint density at radius 2 is 0.245 bits per heavy atom. The molecule has 470 valence electrons. The Labute approximate surface area is 603 Å². The maximum absolute atomic E-state index is 4.13. The zero-order valence-corrected chi connectivity index (χ0v) is 67.5. The molecule has 12 aromatic rings. The van der Waals surface area contributed by atoms with Crippen molar-refractivity contribution in [1.29, 1.82) is 0 Å². The second-order valence-electron chi connectivity index (χ2n) is 22.6. The van der Waals surface area contributed by atoms with Gasteiger partial charge in [-0.25, -0.2) is 0 Å². The predicted molar refractivity (Wildman–Crippen MR) is 426 cm³/mol. The second kappa shape index (κ2) is 32.4. The summed E-state index contributed by atoms with van der Waals surface area (Å²) >= 11 is 24.8. The van der Waals surface area contributed by atoms with Gasteiger partial charge in [0.15, 0.2) is 0 Å². The summed E-state index contributed by atoms with van der Waals surface area (Å²) in [6.07, 6.45) is 0. The summed E-state index contributed by atoms with van der Waals surface area (Å²) in [5.41, 5.74) is -15.7. The third-order valence-electron chi connectivity index (χ3n) is 17.1. The van der Waals surface area contributed by atoms with E-state index in [1.807, 2.05) is 0 Å². The molecule has 0 unspecified atom stereocenters. The molecule has 16 heteroatoms. The molecule has 0 fully saturated rings. The van der Waals surface area contributed by atoms with Crippen LogP contribution < -0.4 is 63.7 Å². The Morgan fingerprint density at radius 1 is 0.149 bits per heavy atom. The Bertz CT molecular complexity index is 3670. The summed E-state index contributed by atoms with van der Waals surface area (Å²) in [7, 11) is 0. The molecule has 0 radical (unpaired) electrons. The monoisotopic (exact) mass is 1730 g/mol. The van der Waals surface area contributed by atoms with Crippen molar-refractivity contribution in [2.75, 3.05) is 39.3 Å². The average Bonchev–Trinajstić information content (AvgIpc) is 0.745. The molecule has 0 saturated carbocycles. The molecule has 0 saturated heterocycles. The molecule has 0 bridgehead atoms. The van der Waals surface area contributed by atoms with E-state index in [-0.39, 0.29) is 0 Å². The van der Waals surface area contributed by atoms with Gasteiger partial charge in [0.05, 0.1) is 0 Å². The molecular formula is C78H72N4P6Se6. The number of nitrogens with zero attached hydrogens (tertiary/aromatic N) is 4. The average molecular weight is 1730 g/mol. The van der Waals surface area contributed by atoms with Crippen molar-refractivity contribution in [2.24, 2.45) is 0 Å². The summed E-state index contributed by atoms with van der Waals surface area (Å²) in [6, 6.07) is 136.